The number of nitrogen functional groups attached to an aromatic ring is 1. The van der Waals surface area contributed by atoms with Crippen LogP contribution >= 0.6 is 0 Å². The molecule has 0 aliphatic carbocycles. The maximum atomic E-state index is 11.9. The molecule has 0 saturated heterocycles. The van der Waals surface area contributed by atoms with Gasteiger partial charge in [-0.3, -0.25) is 0 Å². The highest BCUT2D eigenvalue weighted by Crippen LogP contribution is 2.10. The molecule has 1 heterocycles. The average molecular weight is 287 g/mol. The van der Waals surface area contributed by atoms with Crippen LogP contribution < -0.4 is 10.5 Å². The SMILES string of the molecule is CC(C)OCCCCNS(=O)(=O)c1ccnc(N)c1. The van der Waals surface area contributed by atoms with Crippen LogP contribution in [-0.4, -0.2) is 32.7 Å². The van der Waals surface area contributed by atoms with Gasteiger partial charge in [-0.15, -0.1) is 0 Å². The Kier molecular flexibility index (Phi) is 6.20. The van der Waals surface area contributed by atoms with Crippen LogP contribution in [0.1, 0.15) is 26.7 Å². The lowest BCUT2D eigenvalue weighted by Crippen LogP contribution is -2.25. The number of nitrogens with zero attached hydrogens (tertiary/aromatic N) is 1. The van der Waals surface area contributed by atoms with Crippen molar-refractivity contribution in [2.75, 3.05) is 18.9 Å². The molecule has 0 saturated carbocycles. The molecule has 6 nitrogen and oxygen atoms in total. The van der Waals surface area contributed by atoms with Gasteiger partial charge >= 0.3 is 0 Å². The number of sulfonamides is 1. The van der Waals surface area contributed by atoms with E-state index in [-0.39, 0.29) is 16.8 Å². The Labute approximate surface area is 114 Å². The average Bonchev–Trinajstić information content (AvgIpc) is 2.33. The fraction of sp³-hybridized carbons (Fsp3) is 0.583. The van der Waals surface area contributed by atoms with Crippen LogP contribution in [0.25, 0.3) is 0 Å². The van der Waals surface area contributed by atoms with Gasteiger partial charge in [0.25, 0.3) is 0 Å². The smallest absolute Gasteiger partial charge is 0.240 e. The first-order valence-corrected chi connectivity index (χ1v) is 7.73. The van der Waals surface area contributed by atoms with Crippen molar-refractivity contribution in [1.29, 1.82) is 0 Å². The van der Waals surface area contributed by atoms with Gasteiger partial charge in [-0.1, -0.05) is 0 Å². The number of hydrogen-bond acceptors (Lipinski definition) is 5. The minimum atomic E-state index is -3.50. The van der Waals surface area contributed by atoms with Crippen molar-refractivity contribution >= 4 is 15.8 Å². The van der Waals surface area contributed by atoms with E-state index in [1.54, 1.807) is 0 Å². The number of unbranched alkanes of at least 4 members (excludes halogenated alkanes) is 1. The number of anilines is 1. The van der Waals surface area contributed by atoms with Crippen molar-refractivity contribution < 1.29 is 13.2 Å². The van der Waals surface area contributed by atoms with Crippen molar-refractivity contribution in [3.05, 3.63) is 18.3 Å². The standard InChI is InChI=1S/C12H21N3O3S/c1-10(2)18-8-4-3-6-15-19(16,17)11-5-7-14-12(13)9-11/h5,7,9-10,15H,3-4,6,8H2,1-2H3,(H2,13,14). The van der Waals surface area contributed by atoms with E-state index in [0.717, 1.165) is 12.8 Å². The molecule has 0 radical (unpaired) electrons. The summed E-state index contributed by atoms with van der Waals surface area (Å²) in [6.07, 6.45) is 3.13. The zero-order valence-electron chi connectivity index (χ0n) is 11.3. The molecular weight excluding hydrogens is 266 g/mol. The van der Waals surface area contributed by atoms with Crippen molar-refractivity contribution in [3.63, 3.8) is 0 Å². The molecule has 0 bridgehead atoms. The Balaban J connectivity index is 2.36. The van der Waals surface area contributed by atoms with E-state index >= 15 is 0 Å². The molecule has 1 aromatic rings. The van der Waals surface area contributed by atoms with Crippen molar-refractivity contribution in [3.8, 4) is 0 Å². The lowest BCUT2D eigenvalue weighted by atomic mass is 10.3. The van der Waals surface area contributed by atoms with Crippen molar-refractivity contribution in [1.82, 2.24) is 9.71 Å². The van der Waals surface area contributed by atoms with Gasteiger partial charge in [-0.2, -0.15) is 0 Å². The van der Waals surface area contributed by atoms with E-state index in [1.165, 1.54) is 18.3 Å². The molecular formula is C12H21N3O3S. The highest BCUT2D eigenvalue weighted by Gasteiger charge is 2.13. The van der Waals surface area contributed by atoms with E-state index in [4.69, 9.17) is 10.5 Å². The molecule has 0 aliphatic heterocycles. The Bertz CT molecular complexity index is 489. The molecule has 1 aromatic heterocycles. The quantitative estimate of drug-likeness (QED) is 0.699. The van der Waals surface area contributed by atoms with Crippen LogP contribution in [0, 0.1) is 0 Å². The second-order valence-electron chi connectivity index (χ2n) is 4.44. The first kappa shape index (κ1) is 15.9. The molecule has 1 rings (SSSR count). The lowest BCUT2D eigenvalue weighted by molar-refractivity contribution is 0.0762. The van der Waals surface area contributed by atoms with Gasteiger partial charge in [0.2, 0.25) is 10.0 Å². The lowest BCUT2D eigenvalue weighted by Gasteiger charge is -2.08. The van der Waals surface area contributed by atoms with Gasteiger partial charge in [0.05, 0.1) is 11.0 Å². The summed E-state index contributed by atoms with van der Waals surface area (Å²) in [7, 11) is -3.50. The third-order valence-electron chi connectivity index (χ3n) is 2.38. The second kappa shape index (κ2) is 7.42. The topological polar surface area (TPSA) is 94.3 Å². The summed E-state index contributed by atoms with van der Waals surface area (Å²) in [6, 6.07) is 2.75. The Morgan fingerprint density at radius 2 is 2.16 bits per heavy atom. The monoisotopic (exact) mass is 287 g/mol. The molecule has 0 atom stereocenters. The molecule has 0 unspecified atom stereocenters. The number of nitrogens with one attached hydrogen (secondary N) is 1. The van der Waals surface area contributed by atoms with Crippen molar-refractivity contribution in [2.45, 2.75) is 37.7 Å². The number of ether oxygens (including phenoxy) is 1. The van der Waals surface area contributed by atoms with E-state index in [1.807, 2.05) is 13.8 Å². The molecule has 19 heavy (non-hydrogen) atoms. The minimum absolute atomic E-state index is 0.137. The predicted molar refractivity (Wildman–Crippen MR) is 74.2 cm³/mol. The summed E-state index contributed by atoms with van der Waals surface area (Å²) in [5.41, 5.74) is 5.46. The molecule has 0 aliphatic rings. The second-order valence-corrected chi connectivity index (χ2v) is 6.21. The number of hydrogen-bond donors (Lipinski definition) is 2. The Morgan fingerprint density at radius 3 is 2.79 bits per heavy atom. The third kappa shape index (κ3) is 6.00. The van der Waals surface area contributed by atoms with Crippen LogP contribution in [0.2, 0.25) is 0 Å². The maximum Gasteiger partial charge on any atom is 0.240 e. The summed E-state index contributed by atoms with van der Waals surface area (Å²) in [4.78, 5) is 3.90. The van der Waals surface area contributed by atoms with Crippen molar-refractivity contribution in [2.24, 2.45) is 0 Å². The molecule has 0 amide bonds. The first-order chi connectivity index (χ1) is 8.92. The summed E-state index contributed by atoms with van der Waals surface area (Å²) in [5.74, 6) is 0.188. The third-order valence-corrected chi connectivity index (χ3v) is 3.84. The Hall–Kier alpha value is -1.18. The largest absolute Gasteiger partial charge is 0.384 e. The summed E-state index contributed by atoms with van der Waals surface area (Å²) in [5, 5.41) is 0. The summed E-state index contributed by atoms with van der Waals surface area (Å²) in [6.45, 7) is 4.96. The van der Waals surface area contributed by atoms with Crippen LogP contribution in [0.3, 0.4) is 0 Å². The van der Waals surface area contributed by atoms with Crippen LogP contribution in [-0.2, 0) is 14.8 Å². The van der Waals surface area contributed by atoms with Gasteiger partial charge in [0.15, 0.2) is 0 Å². The van der Waals surface area contributed by atoms with E-state index in [2.05, 4.69) is 9.71 Å². The fourth-order valence-corrected chi connectivity index (χ4v) is 2.53. The molecule has 108 valence electrons. The number of aromatic nitrogens is 1. The maximum absolute atomic E-state index is 11.9. The minimum Gasteiger partial charge on any atom is -0.384 e. The number of nitrogens with two attached hydrogens (primary N) is 1. The van der Waals surface area contributed by atoms with Gasteiger partial charge in [-0.25, -0.2) is 18.1 Å². The van der Waals surface area contributed by atoms with Gasteiger partial charge in [0.1, 0.15) is 5.82 Å². The zero-order valence-corrected chi connectivity index (χ0v) is 12.1. The molecule has 0 aromatic carbocycles. The molecule has 0 spiro atoms. The van der Waals surface area contributed by atoms with Gasteiger partial charge < -0.3 is 10.5 Å². The summed E-state index contributed by atoms with van der Waals surface area (Å²) >= 11 is 0. The zero-order chi connectivity index (χ0) is 14.3. The molecule has 3 N–H and O–H groups in total. The van der Waals surface area contributed by atoms with Crippen LogP contribution in [0.4, 0.5) is 5.82 Å². The van der Waals surface area contributed by atoms with Crippen LogP contribution in [0.15, 0.2) is 23.2 Å². The van der Waals surface area contributed by atoms with E-state index in [0.29, 0.717) is 13.2 Å². The highest BCUT2D eigenvalue weighted by molar-refractivity contribution is 7.89. The van der Waals surface area contributed by atoms with E-state index < -0.39 is 10.0 Å². The fourth-order valence-electron chi connectivity index (χ4n) is 1.43. The van der Waals surface area contributed by atoms with Crippen LogP contribution in [0.5, 0.6) is 0 Å². The molecule has 7 heteroatoms. The highest BCUT2D eigenvalue weighted by atomic mass is 32.2. The normalized spacial score (nSPS) is 11.9. The predicted octanol–water partition coefficient (Wildman–Crippen LogP) is 1.15. The summed E-state index contributed by atoms with van der Waals surface area (Å²) < 4.78 is 31.7. The Morgan fingerprint density at radius 1 is 1.42 bits per heavy atom. The number of rotatable bonds is 8. The number of pyridine rings is 1. The first-order valence-electron chi connectivity index (χ1n) is 6.24. The molecule has 0 fully saturated rings. The van der Waals surface area contributed by atoms with E-state index in [9.17, 15) is 8.42 Å². The van der Waals surface area contributed by atoms with Gasteiger partial charge in [-0.05, 0) is 32.8 Å². The van der Waals surface area contributed by atoms with Gasteiger partial charge in [0, 0.05) is 25.4 Å².